The van der Waals surface area contributed by atoms with Crippen LogP contribution in [0.1, 0.15) is 11.3 Å². The van der Waals surface area contributed by atoms with E-state index in [9.17, 15) is 0 Å². The lowest BCUT2D eigenvalue weighted by Gasteiger charge is -2.12. The number of hydrogen-bond donors (Lipinski definition) is 2. The molecule has 0 spiro atoms. The summed E-state index contributed by atoms with van der Waals surface area (Å²) in [5.41, 5.74) is 3.07. The van der Waals surface area contributed by atoms with Crippen molar-refractivity contribution in [2.24, 2.45) is 11.8 Å². The zero-order chi connectivity index (χ0) is 11.2. The Hall–Kier alpha value is -1.86. The van der Waals surface area contributed by atoms with Crippen molar-refractivity contribution in [3.63, 3.8) is 0 Å². The molecule has 4 aliphatic rings. The quantitative estimate of drug-likeness (QED) is 0.753. The van der Waals surface area contributed by atoms with Crippen molar-refractivity contribution >= 4 is 10.9 Å². The lowest BCUT2D eigenvalue weighted by atomic mass is 9.90. The number of nitriles is 1. The number of rotatable bonds is 1. The van der Waals surface area contributed by atoms with Crippen molar-refractivity contribution in [3.8, 4) is 6.07 Å². The third-order valence-corrected chi connectivity index (χ3v) is 4.90. The average Bonchev–Trinajstić information content (AvgIpc) is 3.01. The Morgan fingerprint density at radius 3 is 3.00 bits per heavy atom. The highest BCUT2D eigenvalue weighted by atomic mass is 15.2. The second-order valence-corrected chi connectivity index (χ2v) is 5.41. The highest BCUT2D eigenvalue weighted by molar-refractivity contribution is 5.88. The molecule has 2 atom stereocenters. The zero-order valence-corrected chi connectivity index (χ0v) is 9.07. The summed E-state index contributed by atoms with van der Waals surface area (Å²) in [7, 11) is 0. The molecule has 1 aromatic heterocycles. The van der Waals surface area contributed by atoms with E-state index in [1.54, 1.807) is 0 Å². The van der Waals surface area contributed by atoms with Gasteiger partial charge in [-0.3, -0.25) is 5.10 Å². The number of para-hydroxylation sites is 1. The number of nitrogens with one attached hydrogen (secondary N) is 2. The molecule has 2 saturated heterocycles. The fourth-order valence-electron chi connectivity index (χ4n) is 4.01. The standard InChI is InChI=1S/C13H10N4/c14-4-6-2-1-3-7-10(6)16-17-12(7)13-5-15-11-8(13)9(11)13/h1-3,8-9,11,15H,5H2,(H,16,17). The van der Waals surface area contributed by atoms with Gasteiger partial charge in [0, 0.05) is 23.4 Å². The molecule has 3 heterocycles. The minimum absolute atomic E-state index is 0.327. The number of benzene rings is 1. The van der Waals surface area contributed by atoms with Crippen LogP contribution in [0.25, 0.3) is 10.9 Å². The molecule has 0 amide bonds. The zero-order valence-electron chi connectivity index (χ0n) is 9.07. The molecule has 6 rings (SSSR count). The van der Waals surface area contributed by atoms with Crippen LogP contribution in [0.5, 0.6) is 0 Å². The van der Waals surface area contributed by atoms with E-state index in [4.69, 9.17) is 5.26 Å². The van der Waals surface area contributed by atoms with E-state index in [2.05, 4.69) is 27.6 Å². The molecule has 2 aliphatic carbocycles. The Balaban J connectivity index is 1.79. The number of aromatic nitrogens is 2. The van der Waals surface area contributed by atoms with Gasteiger partial charge in [-0.1, -0.05) is 12.1 Å². The topological polar surface area (TPSA) is 64.5 Å². The molecule has 0 radical (unpaired) electrons. The average molecular weight is 222 g/mol. The number of piperidine rings is 1. The fraction of sp³-hybridized carbons (Fsp3) is 0.385. The number of aromatic amines is 1. The van der Waals surface area contributed by atoms with Gasteiger partial charge >= 0.3 is 0 Å². The summed E-state index contributed by atoms with van der Waals surface area (Å²) in [5, 5.41) is 21.3. The van der Waals surface area contributed by atoms with Gasteiger partial charge in [-0.25, -0.2) is 0 Å². The van der Waals surface area contributed by atoms with Gasteiger partial charge in [0.05, 0.1) is 11.3 Å². The lowest BCUT2D eigenvalue weighted by molar-refractivity contribution is 0.597. The van der Waals surface area contributed by atoms with Gasteiger partial charge in [-0.15, -0.1) is 0 Å². The fourth-order valence-corrected chi connectivity index (χ4v) is 4.01. The molecule has 2 aromatic rings. The minimum Gasteiger partial charge on any atom is -0.312 e. The van der Waals surface area contributed by atoms with Gasteiger partial charge in [0.15, 0.2) is 0 Å². The highest BCUT2D eigenvalue weighted by Crippen LogP contribution is 2.81. The first-order valence-electron chi connectivity index (χ1n) is 5.99. The molecular weight excluding hydrogens is 212 g/mol. The van der Waals surface area contributed by atoms with Crippen LogP contribution in [0.4, 0.5) is 0 Å². The lowest BCUT2D eigenvalue weighted by Crippen LogP contribution is -2.18. The van der Waals surface area contributed by atoms with Crippen molar-refractivity contribution in [3.05, 3.63) is 29.5 Å². The number of fused-ring (bicyclic) bond motifs is 2. The predicted molar refractivity (Wildman–Crippen MR) is 61.3 cm³/mol. The van der Waals surface area contributed by atoms with Crippen molar-refractivity contribution in [1.82, 2.24) is 15.5 Å². The summed E-state index contributed by atoms with van der Waals surface area (Å²) >= 11 is 0. The van der Waals surface area contributed by atoms with Crippen LogP contribution in [-0.4, -0.2) is 22.8 Å². The van der Waals surface area contributed by atoms with E-state index in [0.717, 1.165) is 35.3 Å². The number of hydrogen-bond acceptors (Lipinski definition) is 3. The summed E-state index contributed by atoms with van der Waals surface area (Å²) in [6.07, 6.45) is 0. The highest BCUT2D eigenvalue weighted by Gasteiger charge is 2.88. The molecule has 2 N–H and O–H groups in total. The molecule has 4 nitrogen and oxygen atoms in total. The maximum absolute atomic E-state index is 9.07. The van der Waals surface area contributed by atoms with Crippen molar-refractivity contribution in [2.45, 2.75) is 11.5 Å². The Bertz CT molecular complexity index is 698. The van der Waals surface area contributed by atoms with Gasteiger partial charge < -0.3 is 5.32 Å². The first-order valence-corrected chi connectivity index (χ1v) is 5.99. The monoisotopic (exact) mass is 222 g/mol. The Morgan fingerprint density at radius 2 is 2.29 bits per heavy atom. The third kappa shape index (κ3) is 0.685. The third-order valence-electron chi connectivity index (χ3n) is 4.90. The van der Waals surface area contributed by atoms with E-state index in [-0.39, 0.29) is 0 Å². The predicted octanol–water partition coefficient (Wildman–Crippen LogP) is 0.904. The Kier molecular flexibility index (Phi) is 1.08. The van der Waals surface area contributed by atoms with Gasteiger partial charge in [0.2, 0.25) is 0 Å². The van der Waals surface area contributed by atoms with Gasteiger partial charge in [-0.05, 0) is 17.9 Å². The summed E-state index contributed by atoms with van der Waals surface area (Å²) < 4.78 is 0. The molecular formula is C13H10N4. The van der Waals surface area contributed by atoms with Crippen molar-refractivity contribution < 1.29 is 0 Å². The second kappa shape index (κ2) is 2.22. The van der Waals surface area contributed by atoms with Crippen LogP contribution >= 0.6 is 0 Å². The summed E-state index contributed by atoms with van der Waals surface area (Å²) in [6, 6.07) is 8.83. The molecule has 2 bridgehead atoms. The van der Waals surface area contributed by atoms with Crippen LogP contribution in [-0.2, 0) is 5.41 Å². The van der Waals surface area contributed by atoms with Gasteiger partial charge in [0.25, 0.3) is 0 Å². The molecule has 2 saturated carbocycles. The smallest absolute Gasteiger partial charge is 0.110 e. The molecule has 4 heteroatoms. The Labute approximate surface area is 97.6 Å². The second-order valence-electron chi connectivity index (χ2n) is 5.41. The summed E-state index contributed by atoms with van der Waals surface area (Å²) in [5.74, 6) is 1.66. The minimum atomic E-state index is 0.327. The largest absolute Gasteiger partial charge is 0.312 e. The maximum Gasteiger partial charge on any atom is 0.110 e. The molecule has 2 aliphatic heterocycles. The molecule has 82 valence electrons. The van der Waals surface area contributed by atoms with Gasteiger partial charge in [0.1, 0.15) is 11.6 Å². The van der Waals surface area contributed by atoms with Crippen LogP contribution in [0.15, 0.2) is 18.2 Å². The molecule has 4 fully saturated rings. The van der Waals surface area contributed by atoms with E-state index >= 15 is 0 Å². The molecule has 2 unspecified atom stereocenters. The van der Waals surface area contributed by atoms with Crippen LogP contribution < -0.4 is 5.32 Å². The van der Waals surface area contributed by atoms with Crippen LogP contribution in [0.3, 0.4) is 0 Å². The first kappa shape index (κ1) is 8.26. The molecule has 1 aromatic carbocycles. The normalized spacial score (nSPS) is 40.1. The first-order chi connectivity index (χ1) is 8.38. The van der Waals surface area contributed by atoms with Crippen molar-refractivity contribution in [1.29, 1.82) is 5.26 Å². The SMILES string of the molecule is N#Cc1cccc2c(C34CNC5C3C54)[nH]nc12. The van der Waals surface area contributed by atoms with E-state index in [1.165, 1.54) is 5.69 Å². The van der Waals surface area contributed by atoms with Crippen molar-refractivity contribution in [2.75, 3.05) is 6.54 Å². The number of H-pyrrole nitrogens is 1. The van der Waals surface area contributed by atoms with Crippen LogP contribution in [0.2, 0.25) is 0 Å². The number of nitrogens with zero attached hydrogens (tertiary/aromatic N) is 2. The van der Waals surface area contributed by atoms with E-state index in [1.807, 2.05) is 12.1 Å². The summed E-state index contributed by atoms with van der Waals surface area (Å²) in [6.45, 7) is 1.07. The van der Waals surface area contributed by atoms with Gasteiger partial charge in [-0.2, -0.15) is 10.4 Å². The molecule has 17 heavy (non-hydrogen) atoms. The van der Waals surface area contributed by atoms with Crippen LogP contribution in [0, 0.1) is 23.2 Å². The van der Waals surface area contributed by atoms with E-state index < -0.39 is 0 Å². The maximum atomic E-state index is 9.07. The van der Waals surface area contributed by atoms with E-state index in [0.29, 0.717) is 11.0 Å². The summed E-state index contributed by atoms with van der Waals surface area (Å²) in [4.78, 5) is 0. The Morgan fingerprint density at radius 1 is 1.41 bits per heavy atom.